The molecular weight excluding hydrogens is 464 g/mol. The van der Waals surface area contributed by atoms with E-state index in [1.165, 1.54) is 76.2 Å². The van der Waals surface area contributed by atoms with E-state index < -0.39 is 0 Å². The Morgan fingerprint density at radius 2 is 1.42 bits per heavy atom. The average molecular weight is 508 g/mol. The third kappa shape index (κ3) is 10.9. The molecule has 3 aromatic rings. The number of hydrogen-bond donors (Lipinski definition) is 1. The first-order valence-electron chi connectivity index (χ1n) is 13.8. The molecule has 4 nitrogen and oxygen atoms in total. The van der Waals surface area contributed by atoms with Gasteiger partial charge in [-0.25, -0.2) is 0 Å². The van der Waals surface area contributed by atoms with Crippen molar-refractivity contribution in [2.75, 3.05) is 11.9 Å². The van der Waals surface area contributed by atoms with Crippen molar-refractivity contribution in [1.82, 2.24) is 0 Å². The first-order chi connectivity index (χ1) is 17.7. The summed E-state index contributed by atoms with van der Waals surface area (Å²) in [6.45, 7) is 3.84. The first kappa shape index (κ1) is 27.9. The standard InChI is InChI=1S/C31H42N2O2S/c1-2-3-4-5-6-7-8-9-10-11-12-13-23-35-30-20-16-28(17-21-30)31(34)32-29-18-14-27(15-19-29)25-33-22-24-36-26-33/h14-22,24,26H,2-13,23,25H2,1H3/p+1. The minimum absolute atomic E-state index is 0.109. The van der Waals surface area contributed by atoms with Gasteiger partial charge in [0.05, 0.1) is 12.0 Å². The molecule has 0 aliphatic rings. The molecular formula is C31H43N2O2S+. The van der Waals surface area contributed by atoms with E-state index in [4.69, 9.17) is 4.74 Å². The number of nitrogens with zero attached hydrogens (tertiary/aromatic N) is 1. The molecule has 0 aliphatic heterocycles. The highest BCUT2D eigenvalue weighted by Gasteiger charge is 2.08. The van der Waals surface area contributed by atoms with Crippen molar-refractivity contribution < 1.29 is 14.1 Å². The molecule has 194 valence electrons. The molecule has 0 spiro atoms. The minimum atomic E-state index is -0.109. The molecule has 36 heavy (non-hydrogen) atoms. The molecule has 5 heteroatoms. The molecule has 1 N–H and O–H groups in total. The van der Waals surface area contributed by atoms with Gasteiger partial charge in [-0.15, -0.1) is 0 Å². The number of aromatic nitrogens is 1. The summed E-state index contributed by atoms with van der Waals surface area (Å²) in [6.07, 6.45) is 18.1. The van der Waals surface area contributed by atoms with Crippen LogP contribution >= 0.6 is 11.3 Å². The number of hydrogen-bond acceptors (Lipinski definition) is 3. The summed E-state index contributed by atoms with van der Waals surface area (Å²) in [5, 5.41) is 5.03. The van der Waals surface area contributed by atoms with E-state index in [2.05, 4.69) is 33.9 Å². The molecule has 0 bridgehead atoms. The summed E-state index contributed by atoms with van der Waals surface area (Å²) in [5.41, 5.74) is 4.71. The van der Waals surface area contributed by atoms with Crippen LogP contribution in [0.1, 0.15) is 99.9 Å². The number of benzene rings is 2. The Labute approximate surface area is 221 Å². The lowest BCUT2D eigenvalue weighted by molar-refractivity contribution is -0.683. The van der Waals surface area contributed by atoms with Gasteiger partial charge >= 0.3 is 0 Å². The average Bonchev–Trinajstić information content (AvgIpc) is 3.41. The Morgan fingerprint density at radius 3 is 2.00 bits per heavy atom. The van der Waals surface area contributed by atoms with Gasteiger partial charge in [-0.1, -0.05) is 101 Å². The van der Waals surface area contributed by atoms with Crippen molar-refractivity contribution in [2.24, 2.45) is 0 Å². The van der Waals surface area contributed by atoms with Gasteiger partial charge in [0, 0.05) is 16.8 Å². The zero-order valence-electron chi connectivity index (χ0n) is 21.9. The molecule has 0 saturated heterocycles. The van der Waals surface area contributed by atoms with E-state index in [-0.39, 0.29) is 5.91 Å². The van der Waals surface area contributed by atoms with E-state index in [0.29, 0.717) is 5.56 Å². The summed E-state index contributed by atoms with van der Waals surface area (Å²) in [6, 6.07) is 15.4. The Balaban J connectivity index is 1.25. The smallest absolute Gasteiger partial charge is 0.255 e. The highest BCUT2D eigenvalue weighted by molar-refractivity contribution is 7.07. The number of carbonyl (C=O) groups excluding carboxylic acids is 1. The molecule has 1 heterocycles. The van der Waals surface area contributed by atoms with Crippen LogP contribution in [0.2, 0.25) is 0 Å². The number of thiazole rings is 1. The third-order valence-electron chi connectivity index (χ3n) is 6.49. The van der Waals surface area contributed by atoms with E-state index in [9.17, 15) is 4.79 Å². The SMILES string of the molecule is CCCCCCCCCCCCCCOc1ccc(C(=O)Nc2ccc(C[n+]3ccsc3)cc2)cc1. The maximum absolute atomic E-state index is 12.6. The maximum Gasteiger partial charge on any atom is 0.255 e. The molecule has 0 atom stereocenters. The van der Waals surface area contributed by atoms with Crippen molar-refractivity contribution in [3.05, 3.63) is 76.7 Å². The second kappa shape index (κ2) is 16.9. The van der Waals surface area contributed by atoms with Crippen LogP contribution in [0.25, 0.3) is 0 Å². The van der Waals surface area contributed by atoms with Crippen LogP contribution in [0.4, 0.5) is 5.69 Å². The number of unbranched alkanes of at least 4 members (excludes halogenated alkanes) is 11. The Morgan fingerprint density at radius 1 is 0.806 bits per heavy atom. The predicted octanol–water partition coefficient (Wildman–Crippen LogP) is 8.42. The highest BCUT2D eigenvalue weighted by Crippen LogP contribution is 2.16. The van der Waals surface area contributed by atoms with Crippen LogP contribution in [0.3, 0.4) is 0 Å². The molecule has 0 fully saturated rings. The summed E-state index contributed by atoms with van der Waals surface area (Å²) >= 11 is 1.68. The number of rotatable bonds is 18. The Bertz CT molecular complexity index is 969. The zero-order chi connectivity index (χ0) is 25.3. The lowest BCUT2D eigenvalue weighted by Crippen LogP contribution is -2.30. The minimum Gasteiger partial charge on any atom is -0.494 e. The van der Waals surface area contributed by atoms with Crippen LogP contribution in [0, 0.1) is 0 Å². The number of amides is 1. The van der Waals surface area contributed by atoms with Crippen molar-refractivity contribution >= 4 is 22.9 Å². The van der Waals surface area contributed by atoms with Gasteiger partial charge in [0.25, 0.3) is 5.91 Å². The summed E-state index contributed by atoms with van der Waals surface area (Å²) in [7, 11) is 0. The summed E-state index contributed by atoms with van der Waals surface area (Å²) in [5.74, 6) is 0.715. The van der Waals surface area contributed by atoms with Crippen LogP contribution in [-0.4, -0.2) is 12.5 Å². The number of nitrogens with one attached hydrogen (secondary N) is 1. The third-order valence-corrected chi connectivity index (χ3v) is 7.16. The monoisotopic (exact) mass is 507 g/mol. The largest absolute Gasteiger partial charge is 0.494 e. The Hall–Kier alpha value is -2.66. The van der Waals surface area contributed by atoms with E-state index in [1.54, 1.807) is 11.3 Å². The van der Waals surface area contributed by atoms with Crippen molar-refractivity contribution in [2.45, 2.75) is 90.5 Å². The number of anilines is 1. The van der Waals surface area contributed by atoms with E-state index in [0.717, 1.165) is 31.0 Å². The zero-order valence-corrected chi connectivity index (χ0v) is 22.7. The van der Waals surface area contributed by atoms with Crippen molar-refractivity contribution in [3.8, 4) is 5.75 Å². The quantitative estimate of drug-likeness (QED) is 0.139. The van der Waals surface area contributed by atoms with Crippen LogP contribution in [0.15, 0.2) is 65.6 Å². The molecule has 0 saturated carbocycles. The second-order valence-corrected chi connectivity index (χ2v) is 10.4. The molecule has 0 aliphatic carbocycles. The lowest BCUT2D eigenvalue weighted by atomic mass is 10.1. The van der Waals surface area contributed by atoms with Gasteiger partial charge in [0.15, 0.2) is 12.7 Å². The molecule has 2 aromatic carbocycles. The summed E-state index contributed by atoms with van der Waals surface area (Å²) < 4.78 is 8.01. The predicted molar refractivity (Wildman–Crippen MR) is 151 cm³/mol. The lowest BCUT2D eigenvalue weighted by Gasteiger charge is -2.08. The molecule has 1 aromatic heterocycles. The van der Waals surface area contributed by atoms with Gasteiger partial charge in [0.1, 0.15) is 5.75 Å². The number of ether oxygens (including phenoxy) is 1. The Kier molecular flexibility index (Phi) is 13.1. The van der Waals surface area contributed by atoms with E-state index in [1.807, 2.05) is 48.5 Å². The number of carbonyl (C=O) groups is 1. The van der Waals surface area contributed by atoms with Crippen molar-refractivity contribution in [3.63, 3.8) is 0 Å². The highest BCUT2D eigenvalue weighted by atomic mass is 32.1. The van der Waals surface area contributed by atoms with Gasteiger partial charge in [0.2, 0.25) is 5.51 Å². The van der Waals surface area contributed by atoms with Gasteiger partial charge in [-0.2, -0.15) is 4.57 Å². The van der Waals surface area contributed by atoms with Crippen LogP contribution < -0.4 is 14.6 Å². The topological polar surface area (TPSA) is 42.2 Å². The molecule has 0 radical (unpaired) electrons. The molecule has 0 unspecified atom stereocenters. The fraction of sp³-hybridized carbons (Fsp3) is 0.484. The van der Waals surface area contributed by atoms with E-state index >= 15 is 0 Å². The van der Waals surface area contributed by atoms with Gasteiger partial charge in [-0.05, 0) is 42.8 Å². The fourth-order valence-electron chi connectivity index (χ4n) is 4.29. The first-order valence-corrected chi connectivity index (χ1v) is 14.7. The van der Waals surface area contributed by atoms with Crippen LogP contribution in [-0.2, 0) is 6.54 Å². The fourth-order valence-corrected chi connectivity index (χ4v) is 4.89. The maximum atomic E-state index is 12.6. The van der Waals surface area contributed by atoms with Gasteiger partial charge in [-0.3, -0.25) is 4.79 Å². The van der Waals surface area contributed by atoms with Gasteiger partial charge < -0.3 is 10.1 Å². The molecule has 3 rings (SSSR count). The van der Waals surface area contributed by atoms with Crippen molar-refractivity contribution in [1.29, 1.82) is 0 Å². The van der Waals surface area contributed by atoms with Crippen LogP contribution in [0.5, 0.6) is 5.75 Å². The normalized spacial score (nSPS) is 10.9. The summed E-state index contributed by atoms with van der Waals surface area (Å²) in [4.78, 5) is 12.6. The molecule has 1 amide bonds. The second-order valence-electron chi connectivity index (χ2n) is 9.61.